The van der Waals surface area contributed by atoms with Gasteiger partial charge in [0.15, 0.2) is 5.78 Å². The Morgan fingerprint density at radius 1 is 1.33 bits per heavy atom. The van der Waals surface area contributed by atoms with Crippen LogP contribution in [0.4, 0.5) is 0 Å². The first-order chi connectivity index (χ1) is 5.68. The van der Waals surface area contributed by atoms with E-state index in [9.17, 15) is 4.79 Å². The third-order valence-electron chi connectivity index (χ3n) is 2.34. The Morgan fingerprint density at radius 2 is 2.08 bits per heavy atom. The van der Waals surface area contributed by atoms with Crippen LogP contribution in [-0.4, -0.2) is 28.8 Å². The fraction of sp³-hybridized carbons (Fsp3) is 0.444. The third kappa shape index (κ3) is 0.975. The lowest BCUT2D eigenvalue weighted by atomic mass is 10.1. The van der Waals surface area contributed by atoms with Crippen LogP contribution in [0.3, 0.4) is 0 Å². The number of aryl methyl sites for hydroxylation is 1. The Kier molecular flexibility index (Phi) is 1.54. The number of rotatable bonds is 0. The molecule has 0 fully saturated rings. The predicted molar refractivity (Wildman–Crippen MR) is 46.1 cm³/mol. The Balaban J connectivity index is 2.50. The van der Waals surface area contributed by atoms with Gasteiger partial charge in [0.2, 0.25) is 0 Å². The van der Waals surface area contributed by atoms with Crippen molar-refractivity contribution in [3.8, 4) is 0 Å². The van der Waals surface area contributed by atoms with E-state index in [2.05, 4.69) is 0 Å². The van der Waals surface area contributed by atoms with Crippen LogP contribution in [0.25, 0.3) is 0 Å². The first kappa shape index (κ1) is 7.55. The standard InChI is InChI=1S/C9H12N2O/c1-10-5-8-7(9(12)6-10)3-4-11(8)2/h3-4H,5-6H2,1-2H3. The molecule has 64 valence electrons. The number of hydrogen-bond donors (Lipinski definition) is 0. The van der Waals surface area contributed by atoms with E-state index in [4.69, 9.17) is 0 Å². The minimum Gasteiger partial charge on any atom is -0.353 e. The van der Waals surface area contributed by atoms with Gasteiger partial charge in [0, 0.05) is 31.0 Å². The lowest BCUT2D eigenvalue weighted by Gasteiger charge is -2.22. The number of Topliss-reactive ketones (excluding diaryl/α,β-unsaturated/α-hetero) is 1. The topological polar surface area (TPSA) is 25.2 Å². The molecule has 0 spiro atoms. The molecule has 1 aliphatic rings. The van der Waals surface area contributed by atoms with Gasteiger partial charge >= 0.3 is 0 Å². The quantitative estimate of drug-likeness (QED) is 0.562. The Hall–Kier alpha value is -1.09. The van der Waals surface area contributed by atoms with E-state index in [0.717, 1.165) is 17.8 Å². The highest BCUT2D eigenvalue weighted by atomic mass is 16.1. The zero-order chi connectivity index (χ0) is 8.72. The highest BCUT2D eigenvalue weighted by Crippen LogP contribution is 2.17. The molecule has 0 aliphatic carbocycles. The van der Waals surface area contributed by atoms with Gasteiger partial charge in [-0.1, -0.05) is 0 Å². The van der Waals surface area contributed by atoms with Crippen molar-refractivity contribution in [2.45, 2.75) is 6.54 Å². The van der Waals surface area contributed by atoms with E-state index in [0.29, 0.717) is 6.54 Å². The highest BCUT2D eigenvalue weighted by Gasteiger charge is 2.22. The summed E-state index contributed by atoms with van der Waals surface area (Å²) in [5.41, 5.74) is 2.03. The average molecular weight is 164 g/mol. The Morgan fingerprint density at radius 3 is 2.83 bits per heavy atom. The summed E-state index contributed by atoms with van der Waals surface area (Å²) in [4.78, 5) is 13.5. The summed E-state index contributed by atoms with van der Waals surface area (Å²) in [6, 6.07) is 1.91. The van der Waals surface area contributed by atoms with Crippen LogP contribution < -0.4 is 0 Å². The maximum atomic E-state index is 11.5. The molecule has 3 nitrogen and oxygen atoms in total. The lowest BCUT2D eigenvalue weighted by Crippen LogP contribution is -2.32. The Bertz CT molecular complexity index is 327. The highest BCUT2D eigenvalue weighted by molar-refractivity contribution is 5.99. The summed E-state index contributed by atoms with van der Waals surface area (Å²) in [7, 11) is 3.94. The van der Waals surface area contributed by atoms with Crippen LogP contribution in [0.15, 0.2) is 12.3 Å². The maximum Gasteiger partial charge on any atom is 0.178 e. The van der Waals surface area contributed by atoms with E-state index >= 15 is 0 Å². The minimum absolute atomic E-state index is 0.236. The van der Waals surface area contributed by atoms with Gasteiger partial charge in [0.25, 0.3) is 0 Å². The van der Waals surface area contributed by atoms with E-state index in [1.807, 2.05) is 35.8 Å². The summed E-state index contributed by atoms with van der Waals surface area (Å²) in [5, 5.41) is 0. The number of aromatic nitrogens is 1. The van der Waals surface area contributed by atoms with Gasteiger partial charge in [-0.15, -0.1) is 0 Å². The molecule has 2 rings (SSSR count). The van der Waals surface area contributed by atoms with Crippen molar-refractivity contribution in [2.24, 2.45) is 7.05 Å². The van der Waals surface area contributed by atoms with E-state index in [1.54, 1.807) is 0 Å². The van der Waals surface area contributed by atoms with Crippen molar-refractivity contribution in [1.29, 1.82) is 0 Å². The lowest BCUT2D eigenvalue weighted by molar-refractivity contribution is 0.0920. The summed E-state index contributed by atoms with van der Waals surface area (Å²) >= 11 is 0. The molecule has 0 radical (unpaired) electrons. The number of carbonyl (C=O) groups is 1. The molecule has 0 bridgehead atoms. The van der Waals surface area contributed by atoms with Crippen LogP contribution in [0.1, 0.15) is 16.1 Å². The van der Waals surface area contributed by atoms with E-state index in [-0.39, 0.29) is 5.78 Å². The van der Waals surface area contributed by atoms with Crippen molar-refractivity contribution < 1.29 is 4.79 Å². The molecule has 0 saturated heterocycles. The number of fused-ring (bicyclic) bond motifs is 1. The van der Waals surface area contributed by atoms with Gasteiger partial charge < -0.3 is 4.57 Å². The summed E-state index contributed by atoms with van der Waals surface area (Å²) < 4.78 is 2.02. The average Bonchev–Trinajstić information content (AvgIpc) is 2.33. The van der Waals surface area contributed by atoms with Crippen LogP contribution in [0.2, 0.25) is 0 Å². The summed E-state index contributed by atoms with van der Waals surface area (Å²) in [6.45, 7) is 1.43. The minimum atomic E-state index is 0.236. The first-order valence-electron chi connectivity index (χ1n) is 4.04. The third-order valence-corrected chi connectivity index (χ3v) is 2.34. The summed E-state index contributed by atoms with van der Waals surface area (Å²) in [6.07, 6.45) is 1.95. The number of nitrogens with zero attached hydrogens (tertiary/aromatic N) is 2. The Labute approximate surface area is 71.6 Å². The van der Waals surface area contributed by atoms with Crippen molar-refractivity contribution in [2.75, 3.05) is 13.6 Å². The molecule has 3 heteroatoms. The molecular weight excluding hydrogens is 152 g/mol. The zero-order valence-electron chi connectivity index (χ0n) is 7.37. The molecular formula is C9H12N2O. The predicted octanol–water partition coefficient (Wildman–Crippen LogP) is 0.653. The number of likely N-dealkylation sites (N-methyl/N-ethyl adjacent to an activating group) is 1. The van der Waals surface area contributed by atoms with Crippen LogP contribution in [0, 0.1) is 0 Å². The van der Waals surface area contributed by atoms with Crippen molar-refractivity contribution in [1.82, 2.24) is 9.47 Å². The van der Waals surface area contributed by atoms with Gasteiger partial charge in [-0.25, -0.2) is 0 Å². The van der Waals surface area contributed by atoms with E-state index in [1.165, 1.54) is 0 Å². The molecule has 0 amide bonds. The first-order valence-corrected chi connectivity index (χ1v) is 4.04. The van der Waals surface area contributed by atoms with Crippen molar-refractivity contribution in [3.63, 3.8) is 0 Å². The van der Waals surface area contributed by atoms with E-state index < -0.39 is 0 Å². The van der Waals surface area contributed by atoms with Crippen LogP contribution >= 0.6 is 0 Å². The van der Waals surface area contributed by atoms with Gasteiger partial charge in [-0.3, -0.25) is 9.69 Å². The fourth-order valence-electron chi connectivity index (χ4n) is 1.65. The monoisotopic (exact) mass is 164 g/mol. The second-order valence-electron chi connectivity index (χ2n) is 3.38. The number of carbonyl (C=O) groups excluding carboxylic acids is 1. The van der Waals surface area contributed by atoms with Crippen LogP contribution in [0.5, 0.6) is 0 Å². The number of hydrogen-bond acceptors (Lipinski definition) is 2. The second kappa shape index (κ2) is 2.45. The zero-order valence-corrected chi connectivity index (χ0v) is 7.37. The van der Waals surface area contributed by atoms with Crippen molar-refractivity contribution >= 4 is 5.78 Å². The second-order valence-corrected chi connectivity index (χ2v) is 3.38. The summed E-state index contributed by atoms with van der Waals surface area (Å²) in [5.74, 6) is 0.236. The molecule has 0 atom stereocenters. The molecule has 1 aromatic rings. The molecule has 12 heavy (non-hydrogen) atoms. The smallest absolute Gasteiger partial charge is 0.178 e. The molecule has 1 aromatic heterocycles. The molecule has 0 aromatic carbocycles. The van der Waals surface area contributed by atoms with Gasteiger partial charge in [-0.05, 0) is 13.1 Å². The SMILES string of the molecule is CN1CC(=O)c2ccn(C)c2C1. The number of ketones is 1. The molecule has 1 aliphatic heterocycles. The van der Waals surface area contributed by atoms with Crippen molar-refractivity contribution in [3.05, 3.63) is 23.5 Å². The largest absolute Gasteiger partial charge is 0.353 e. The molecule has 0 unspecified atom stereocenters. The van der Waals surface area contributed by atoms with Crippen LogP contribution in [-0.2, 0) is 13.6 Å². The van der Waals surface area contributed by atoms with Gasteiger partial charge in [0.1, 0.15) is 0 Å². The fourth-order valence-corrected chi connectivity index (χ4v) is 1.65. The van der Waals surface area contributed by atoms with Gasteiger partial charge in [0.05, 0.1) is 6.54 Å². The normalized spacial score (nSPS) is 18.0. The molecule has 0 N–H and O–H groups in total. The van der Waals surface area contributed by atoms with Gasteiger partial charge in [-0.2, -0.15) is 0 Å². The molecule has 2 heterocycles. The molecule has 0 saturated carbocycles. The maximum absolute atomic E-state index is 11.5.